The Labute approximate surface area is 126 Å². The summed E-state index contributed by atoms with van der Waals surface area (Å²) in [6.07, 6.45) is -0.0444. The number of ketones is 1. The second-order valence-electron chi connectivity index (χ2n) is 4.86. The third-order valence-electron chi connectivity index (χ3n) is 3.34. The van der Waals surface area contributed by atoms with Crippen LogP contribution in [0.25, 0.3) is 11.0 Å². The molecule has 1 aromatic carbocycles. The molecule has 0 N–H and O–H groups in total. The van der Waals surface area contributed by atoms with Gasteiger partial charge in [0.1, 0.15) is 17.1 Å². The quantitative estimate of drug-likeness (QED) is 0.621. The topological polar surface area (TPSA) is 82.8 Å². The predicted molar refractivity (Wildman–Crippen MR) is 79.1 cm³/mol. The van der Waals surface area contributed by atoms with Crippen molar-refractivity contribution in [1.29, 1.82) is 0 Å². The first-order valence-corrected chi connectivity index (χ1v) is 6.65. The van der Waals surface area contributed by atoms with Crippen molar-refractivity contribution < 1.29 is 23.5 Å². The third kappa shape index (κ3) is 3.16. The highest BCUT2D eigenvalue weighted by atomic mass is 16.5. The molecule has 0 unspecified atom stereocenters. The molecule has 6 heteroatoms. The Hall–Kier alpha value is -2.63. The lowest BCUT2D eigenvalue weighted by Gasteiger charge is -2.15. The van der Waals surface area contributed by atoms with Gasteiger partial charge in [0.15, 0.2) is 0 Å². The monoisotopic (exact) mass is 304 g/mol. The van der Waals surface area contributed by atoms with Crippen LogP contribution in [0.1, 0.15) is 24.8 Å². The summed E-state index contributed by atoms with van der Waals surface area (Å²) in [4.78, 5) is 35.2. The lowest BCUT2D eigenvalue weighted by Crippen LogP contribution is -2.19. The van der Waals surface area contributed by atoms with Gasteiger partial charge in [-0.3, -0.25) is 9.59 Å². The molecule has 22 heavy (non-hydrogen) atoms. The number of benzene rings is 1. The van der Waals surface area contributed by atoms with Crippen LogP contribution in [0, 0.1) is 0 Å². The van der Waals surface area contributed by atoms with Gasteiger partial charge in [-0.2, -0.15) is 0 Å². The molecular weight excluding hydrogens is 288 g/mol. The molecule has 0 spiro atoms. The van der Waals surface area contributed by atoms with Gasteiger partial charge in [0.05, 0.1) is 20.1 Å². The van der Waals surface area contributed by atoms with Crippen LogP contribution in [-0.4, -0.2) is 26.0 Å². The average Bonchev–Trinajstić information content (AvgIpc) is 2.50. The Balaban J connectivity index is 2.68. The van der Waals surface area contributed by atoms with Gasteiger partial charge in [-0.25, -0.2) is 4.79 Å². The maximum Gasteiger partial charge on any atom is 0.336 e. The highest BCUT2D eigenvalue weighted by Gasteiger charge is 2.26. The van der Waals surface area contributed by atoms with Crippen LogP contribution in [0.4, 0.5) is 0 Å². The van der Waals surface area contributed by atoms with Crippen LogP contribution < -0.4 is 10.4 Å². The third-order valence-corrected chi connectivity index (χ3v) is 3.34. The predicted octanol–water partition coefficient (Wildman–Crippen LogP) is 2.04. The highest BCUT2D eigenvalue weighted by molar-refractivity contribution is 5.92. The SMILES string of the molecule is COC(=O)[C@@H](CC(C)=O)c1cc(=O)oc2cc(OC)ccc12. The maximum absolute atomic E-state index is 12.0. The Bertz CT molecular complexity index is 774. The summed E-state index contributed by atoms with van der Waals surface area (Å²) in [7, 11) is 2.74. The van der Waals surface area contributed by atoms with Crippen LogP contribution in [0.5, 0.6) is 5.75 Å². The van der Waals surface area contributed by atoms with Crippen LogP contribution >= 0.6 is 0 Å². The zero-order chi connectivity index (χ0) is 16.3. The Kier molecular flexibility index (Phi) is 4.60. The van der Waals surface area contributed by atoms with Crippen LogP contribution in [0.2, 0.25) is 0 Å². The van der Waals surface area contributed by atoms with E-state index in [9.17, 15) is 14.4 Å². The van der Waals surface area contributed by atoms with E-state index < -0.39 is 17.5 Å². The van der Waals surface area contributed by atoms with Crippen molar-refractivity contribution >= 4 is 22.7 Å². The second-order valence-corrected chi connectivity index (χ2v) is 4.86. The zero-order valence-corrected chi connectivity index (χ0v) is 12.5. The van der Waals surface area contributed by atoms with Crippen molar-refractivity contribution in [3.8, 4) is 5.75 Å². The molecule has 1 atom stereocenters. The van der Waals surface area contributed by atoms with Gasteiger partial charge >= 0.3 is 11.6 Å². The van der Waals surface area contributed by atoms with Crippen molar-refractivity contribution in [2.75, 3.05) is 14.2 Å². The number of Topliss-reactive ketones (excluding diaryl/α,β-unsaturated/α-hetero) is 1. The molecule has 0 saturated heterocycles. The number of hydrogen-bond donors (Lipinski definition) is 0. The van der Waals surface area contributed by atoms with Gasteiger partial charge < -0.3 is 13.9 Å². The second kappa shape index (κ2) is 6.43. The Morgan fingerprint density at radius 3 is 2.55 bits per heavy atom. The van der Waals surface area contributed by atoms with E-state index in [-0.39, 0.29) is 12.2 Å². The number of esters is 1. The molecule has 0 aliphatic carbocycles. The molecule has 0 aliphatic heterocycles. The standard InChI is InChI=1S/C16H16O6/c1-9(17)6-13(16(19)21-3)12-8-15(18)22-14-7-10(20-2)4-5-11(12)14/h4-5,7-8,13H,6H2,1-3H3/t13-/m0/s1. The largest absolute Gasteiger partial charge is 0.497 e. The van der Waals surface area contributed by atoms with E-state index in [4.69, 9.17) is 13.9 Å². The van der Waals surface area contributed by atoms with Gasteiger partial charge in [0, 0.05) is 23.9 Å². The average molecular weight is 304 g/mol. The first-order chi connectivity index (χ1) is 10.5. The Morgan fingerprint density at radius 1 is 1.23 bits per heavy atom. The minimum absolute atomic E-state index is 0.0444. The molecule has 0 radical (unpaired) electrons. The molecule has 0 aliphatic rings. The fourth-order valence-corrected chi connectivity index (χ4v) is 2.33. The molecule has 2 rings (SSSR count). The summed E-state index contributed by atoms with van der Waals surface area (Å²) >= 11 is 0. The summed E-state index contributed by atoms with van der Waals surface area (Å²) in [5, 5.41) is 0.567. The first kappa shape index (κ1) is 15.8. The van der Waals surface area contributed by atoms with Gasteiger partial charge in [0.2, 0.25) is 0 Å². The molecule has 0 amide bonds. The smallest absolute Gasteiger partial charge is 0.336 e. The molecule has 0 fully saturated rings. The first-order valence-electron chi connectivity index (χ1n) is 6.65. The van der Waals surface area contributed by atoms with Gasteiger partial charge in [-0.15, -0.1) is 0 Å². The van der Waals surface area contributed by atoms with E-state index in [1.807, 2.05) is 0 Å². The summed E-state index contributed by atoms with van der Waals surface area (Å²) in [5.74, 6) is -1.07. The van der Waals surface area contributed by atoms with E-state index in [1.54, 1.807) is 18.2 Å². The fourth-order valence-electron chi connectivity index (χ4n) is 2.33. The number of carbonyl (C=O) groups is 2. The molecule has 0 bridgehead atoms. The van der Waals surface area contributed by atoms with Crippen LogP contribution in [0.15, 0.2) is 33.5 Å². The summed E-state index contributed by atoms with van der Waals surface area (Å²) in [6, 6.07) is 6.15. The zero-order valence-electron chi connectivity index (χ0n) is 12.5. The lowest BCUT2D eigenvalue weighted by molar-refractivity contribution is -0.143. The molecule has 0 saturated carbocycles. The maximum atomic E-state index is 12.0. The van der Waals surface area contributed by atoms with Crippen molar-refractivity contribution in [2.45, 2.75) is 19.3 Å². The van der Waals surface area contributed by atoms with Crippen molar-refractivity contribution in [3.05, 3.63) is 40.2 Å². The van der Waals surface area contributed by atoms with Gasteiger partial charge in [-0.1, -0.05) is 0 Å². The number of ether oxygens (including phenoxy) is 2. The minimum Gasteiger partial charge on any atom is -0.497 e. The van der Waals surface area contributed by atoms with Crippen molar-refractivity contribution in [3.63, 3.8) is 0 Å². The molecule has 1 heterocycles. The number of rotatable bonds is 5. The van der Waals surface area contributed by atoms with E-state index in [1.165, 1.54) is 27.2 Å². The van der Waals surface area contributed by atoms with E-state index in [0.717, 1.165) is 0 Å². The lowest BCUT2D eigenvalue weighted by atomic mass is 9.92. The molecule has 6 nitrogen and oxygen atoms in total. The van der Waals surface area contributed by atoms with Gasteiger partial charge in [-0.05, 0) is 24.6 Å². The number of methoxy groups -OCH3 is 2. The number of hydrogen-bond acceptors (Lipinski definition) is 6. The van der Waals surface area contributed by atoms with Crippen LogP contribution in [-0.2, 0) is 14.3 Å². The molecule has 116 valence electrons. The number of fused-ring (bicyclic) bond motifs is 1. The highest BCUT2D eigenvalue weighted by Crippen LogP contribution is 2.30. The fraction of sp³-hybridized carbons (Fsp3) is 0.312. The normalized spacial score (nSPS) is 12.0. The molecular formula is C16H16O6. The van der Waals surface area contributed by atoms with E-state index in [2.05, 4.69) is 0 Å². The molecule has 1 aromatic heterocycles. The summed E-state index contributed by atoms with van der Waals surface area (Å²) < 4.78 is 15.0. The molecule has 2 aromatic rings. The van der Waals surface area contributed by atoms with E-state index in [0.29, 0.717) is 22.3 Å². The Morgan fingerprint density at radius 2 is 1.95 bits per heavy atom. The minimum atomic E-state index is -0.845. The van der Waals surface area contributed by atoms with Crippen LogP contribution in [0.3, 0.4) is 0 Å². The number of carbonyl (C=O) groups excluding carboxylic acids is 2. The summed E-state index contributed by atoms with van der Waals surface area (Å²) in [6.45, 7) is 1.38. The van der Waals surface area contributed by atoms with Crippen molar-refractivity contribution in [1.82, 2.24) is 0 Å². The van der Waals surface area contributed by atoms with Crippen molar-refractivity contribution in [2.24, 2.45) is 0 Å². The van der Waals surface area contributed by atoms with Gasteiger partial charge in [0.25, 0.3) is 0 Å². The van der Waals surface area contributed by atoms with E-state index >= 15 is 0 Å². The summed E-state index contributed by atoms with van der Waals surface area (Å²) in [5.41, 5.74) is 0.100.